The third kappa shape index (κ3) is 6.14. The molecule has 0 spiro atoms. The summed E-state index contributed by atoms with van der Waals surface area (Å²) in [5.74, 6) is -1.19. The fourth-order valence-electron chi connectivity index (χ4n) is 4.47. The third-order valence-electron chi connectivity index (χ3n) is 6.33. The molecular formula is C26H30ClFN4O4. The number of halogens is 2. The Bertz CT molecular complexity index is 1110. The van der Waals surface area contributed by atoms with Gasteiger partial charge in [0, 0.05) is 48.9 Å². The standard InChI is InChI=1S/C26H30ClFN4O4/c1-2-13-36-20-15-23(32(16-20)26(35)29-18-8-6-17(27)7-9-18)25(34)30-22-11-10-19(14-21(22)28)31-12-4-3-5-24(31)33/h6-11,14,20,23H,2-5,12-13,15-16H2,1H3,(H,29,35)(H,30,34)/t20-,23-/m1/s1. The van der Waals surface area contributed by atoms with Crippen molar-refractivity contribution in [3.8, 4) is 0 Å². The van der Waals surface area contributed by atoms with Gasteiger partial charge in [0.1, 0.15) is 11.9 Å². The van der Waals surface area contributed by atoms with Gasteiger partial charge in [-0.2, -0.15) is 0 Å². The second-order valence-electron chi connectivity index (χ2n) is 8.99. The molecule has 2 heterocycles. The van der Waals surface area contributed by atoms with E-state index in [-0.39, 0.29) is 24.2 Å². The van der Waals surface area contributed by atoms with E-state index in [0.29, 0.717) is 42.4 Å². The molecule has 0 saturated carbocycles. The summed E-state index contributed by atoms with van der Waals surface area (Å²) < 4.78 is 20.7. The number of hydrogen-bond donors (Lipinski definition) is 2. The number of ether oxygens (including phenoxy) is 1. The lowest BCUT2D eigenvalue weighted by molar-refractivity contribution is -0.120. The molecule has 0 aromatic heterocycles. The van der Waals surface area contributed by atoms with Crippen molar-refractivity contribution < 1.29 is 23.5 Å². The first-order valence-corrected chi connectivity index (χ1v) is 12.6. The molecule has 0 unspecified atom stereocenters. The summed E-state index contributed by atoms with van der Waals surface area (Å²) in [4.78, 5) is 41.4. The number of urea groups is 1. The summed E-state index contributed by atoms with van der Waals surface area (Å²) in [7, 11) is 0. The molecule has 36 heavy (non-hydrogen) atoms. The molecule has 10 heteroatoms. The number of rotatable bonds is 7. The second kappa shape index (κ2) is 11.7. The van der Waals surface area contributed by atoms with Gasteiger partial charge in [-0.3, -0.25) is 9.59 Å². The van der Waals surface area contributed by atoms with Gasteiger partial charge in [0.2, 0.25) is 11.8 Å². The van der Waals surface area contributed by atoms with Crippen molar-refractivity contribution in [2.75, 3.05) is 35.2 Å². The molecule has 2 aliphatic rings. The molecule has 2 aromatic carbocycles. The zero-order valence-electron chi connectivity index (χ0n) is 20.1. The third-order valence-corrected chi connectivity index (χ3v) is 6.58. The summed E-state index contributed by atoms with van der Waals surface area (Å²) in [6.45, 7) is 3.27. The normalized spacial score (nSPS) is 19.9. The Labute approximate surface area is 214 Å². The Morgan fingerprint density at radius 2 is 1.92 bits per heavy atom. The zero-order valence-corrected chi connectivity index (χ0v) is 20.9. The Morgan fingerprint density at radius 1 is 1.14 bits per heavy atom. The molecule has 0 aliphatic carbocycles. The van der Waals surface area contributed by atoms with Crippen molar-refractivity contribution in [1.29, 1.82) is 0 Å². The van der Waals surface area contributed by atoms with E-state index in [1.54, 1.807) is 35.2 Å². The first-order valence-electron chi connectivity index (χ1n) is 12.2. The predicted molar refractivity (Wildman–Crippen MR) is 137 cm³/mol. The summed E-state index contributed by atoms with van der Waals surface area (Å²) in [6.07, 6.45) is 2.93. The number of benzene rings is 2. The molecular weight excluding hydrogens is 487 g/mol. The Morgan fingerprint density at radius 3 is 2.61 bits per heavy atom. The Hall–Kier alpha value is -3.17. The molecule has 2 aromatic rings. The van der Waals surface area contributed by atoms with Gasteiger partial charge < -0.3 is 25.2 Å². The monoisotopic (exact) mass is 516 g/mol. The topological polar surface area (TPSA) is 91.0 Å². The first kappa shape index (κ1) is 25.9. The number of amides is 4. The van der Waals surface area contributed by atoms with E-state index < -0.39 is 23.8 Å². The van der Waals surface area contributed by atoms with Gasteiger partial charge in [-0.05, 0) is 61.7 Å². The van der Waals surface area contributed by atoms with Gasteiger partial charge in [0.05, 0.1) is 11.8 Å². The molecule has 2 saturated heterocycles. The number of piperidine rings is 1. The van der Waals surface area contributed by atoms with Crippen LogP contribution in [0.1, 0.15) is 39.0 Å². The van der Waals surface area contributed by atoms with E-state index in [4.69, 9.17) is 16.3 Å². The van der Waals surface area contributed by atoms with E-state index in [2.05, 4.69) is 10.6 Å². The number of nitrogens with zero attached hydrogens (tertiary/aromatic N) is 2. The number of carbonyl (C=O) groups excluding carboxylic acids is 3. The van der Waals surface area contributed by atoms with Gasteiger partial charge >= 0.3 is 6.03 Å². The van der Waals surface area contributed by atoms with Crippen LogP contribution < -0.4 is 15.5 Å². The minimum Gasteiger partial charge on any atom is -0.376 e. The maximum Gasteiger partial charge on any atom is 0.322 e. The van der Waals surface area contributed by atoms with Gasteiger partial charge in [0.15, 0.2) is 0 Å². The van der Waals surface area contributed by atoms with E-state index in [0.717, 1.165) is 19.3 Å². The molecule has 4 amide bonds. The number of carbonyl (C=O) groups is 3. The van der Waals surface area contributed by atoms with Crippen LogP contribution in [-0.4, -0.2) is 54.6 Å². The summed E-state index contributed by atoms with van der Waals surface area (Å²) in [5.41, 5.74) is 0.993. The summed E-state index contributed by atoms with van der Waals surface area (Å²) in [6, 6.07) is 9.66. The highest BCUT2D eigenvalue weighted by Crippen LogP contribution is 2.28. The van der Waals surface area contributed by atoms with Crippen molar-refractivity contribution in [2.24, 2.45) is 0 Å². The van der Waals surface area contributed by atoms with Crippen LogP contribution in [-0.2, 0) is 14.3 Å². The number of likely N-dealkylation sites (tertiary alicyclic amines) is 1. The molecule has 192 valence electrons. The van der Waals surface area contributed by atoms with Crippen LogP contribution >= 0.6 is 11.6 Å². The summed E-state index contributed by atoms with van der Waals surface area (Å²) in [5, 5.41) is 5.93. The fraction of sp³-hybridized carbons (Fsp3) is 0.423. The van der Waals surface area contributed by atoms with E-state index in [9.17, 15) is 18.8 Å². The van der Waals surface area contributed by atoms with E-state index in [1.807, 2.05) is 6.92 Å². The van der Waals surface area contributed by atoms with Crippen molar-refractivity contribution in [3.05, 3.63) is 53.3 Å². The van der Waals surface area contributed by atoms with Gasteiger partial charge in [0.25, 0.3) is 0 Å². The smallest absolute Gasteiger partial charge is 0.322 e. The van der Waals surface area contributed by atoms with Crippen molar-refractivity contribution in [2.45, 2.75) is 51.2 Å². The molecule has 2 aliphatic heterocycles. The van der Waals surface area contributed by atoms with Gasteiger partial charge in [-0.25, -0.2) is 9.18 Å². The van der Waals surface area contributed by atoms with Crippen molar-refractivity contribution in [3.63, 3.8) is 0 Å². The highest BCUT2D eigenvalue weighted by atomic mass is 35.5. The SMILES string of the molecule is CCCO[C@@H]1C[C@H](C(=O)Nc2ccc(N3CCCCC3=O)cc2F)N(C(=O)Nc2ccc(Cl)cc2)C1. The number of nitrogens with one attached hydrogen (secondary N) is 2. The van der Waals surface area contributed by atoms with Crippen LogP contribution in [0.2, 0.25) is 5.02 Å². The lowest BCUT2D eigenvalue weighted by Crippen LogP contribution is -2.45. The molecule has 4 rings (SSSR count). The van der Waals surface area contributed by atoms with Crippen LogP contribution in [0.4, 0.5) is 26.2 Å². The van der Waals surface area contributed by atoms with Crippen LogP contribution in [0.5, 0.6) is 0 Å². The highest BCUT2D eigenvalue weighted by molar-refractivity contribution is 6.30. The molecule has 0 bridgehead atoms. The van der Waals surface area contributed by atoms with Gasteiger partial charge in [-0.1, -0.05) is 18.5 Å². The van der Waals surface area contributed by atoms with E-state index in [1.165, 1.54) is 17.0 Å². The molecule has 0 radical (unpaired) electrons. The van der Waals surface area contributed by atoms with Crippen LogP contribution in [0.3, 0.4) is 0 Å². The largest absolute Gasteiger partial charge is 0.376 e. The number of anilines is 3. The molecule has 2 fully saturated rings. The number of hydrogen-bond acceptors (Lipinski definition) is 4. The molecule has 8 nitrogen and oxygen atoms in total. The maximum absolute atomic E-state index is 14.9. The highest BCUT2D eigenvalue weighted by Gasteiger charge is 2.40. The predicted octanol–water partition coefficient (Wildman–Crippen LogP) is 5.04. The first-order chi connectivity index (χ1) is 17.4. The average molecular weight is 517 g/mol. The van der Waals surface area contributed by atoms with Gasteiger partial charge in [-0.15, -0.1) is 0 Å². The quantitative estimate of drug-likeness (QED) is 0.539. The van der Waals surface area contributed by atoms with E-state index >= 15 is 0 Å². The summed E-state index contributed by atoms with van der Waals surface area (Å²) >= 11 is 5.92. The van der Waals surface area contributed by atoms with Crippen LogP contribution in [0, 0.1) is 5.82 Å². The molecule has 2 atom stereocenters. The minimum absolute atomic E-state index is 0.0100. The fourth-order valence-corrected chi connectivity index (χ4v) is 4.60. The second-order valence-corrected chi connectivity index (χ2v) is 9.43. The lowest BCUT2D eigenvalue weighted by Gasteiger charge is -2.27. The lowest BCUT2D eigenvalue weighted by atomic mass is 10.1. The Balaban J connectivity index is 1.47. The molecule has 2 N–H and O–H groups in total. The zero-order chi connectivity index (χ0) is 25.7. The van der Waals surface area contributed by atoms with Crippen molar-refractivity contribution in [1.82, 2.24) is 4.90 Å². The minimum atomic E-state index is -0.845. The maximum atomic E-state index is 14.9. The van der Waals surface area contributed by atoms with Crippen molar-refractivity contribution >= 4 is 46.5 Å². The Kier molecular flexibility index (Phi) is 8.43. The van der Waals surface area contributed by atoms with Crippen LogP contribution in [0.25, 0.3) is 0 Å². The van der Waals surface area contributed by atoms with Crippen LogP contribution in [0.15, 0.2) is 42.5 Å². The average Bonchev–Trinajstić information content (AvgIpc) is 3.30.